The number of benzene rings is 2. The predicted octanol–water partition coefficient (Wildman–Crippen LogP) is 5.66. The van der Waals surface area contributed by atoms with Crippen LogP contribution in [0.4, 0.5) is 0 Å². The molecule has 0 radical (unpaired) electrons. The SMILES string of the molecule is CCOC(=O)[C@H](C)Oc1c(C=Nn2c([C@@H](C)CC)nc3ccc(Br)cc3c2=O)cc(Br)cc1OC. The third-order valence-corrected chi connectivity index (χ3v) is 6.33. The van der Waals surface area contributed by atoms with Gasteiger partial charge in [-0.1, -0.05) is 45.7 Å². The molecular weight excluding hydrogens is 582 g/mol. The standard InChI is InChI=1S/C25H27Br2N3O5/c1-6-14(3)23-29-20-9-8-17(26)11-19(20)24(31)30(23)28-13-16-10-18(27)12-21(33-5)22(16)35-15(4)25(32)34-7-2/h8-15H,6-7H2,1-5H3/t14-,15-/m0/s1. The van der Waals surface area contributed by atoms with Gasteiger partial charge < -0.3 is 14.2 Å². The Kier molecular flexibility index (Phi) is 9.07. The zero-order chi connectivity index (χ0) is 25.7. The number of ether oxygens (including phenoxy) is 3. The van der Waals surface area contributed by atoms with Crippen molar-refractivity contribution in [2.24, 2.45) is 5.10 Å². The van der Waals surface area contributed by atoms with Crippen LogP contribution >= 0.6 is 31.9 Å². The van der Waals surface area contributed by atoms with Crippen molar-refractivity contribution in [3.63, 3.8) is 0 Å². The van der Waals surface area contributed by atoms with Crippen molar-refractivity contribution in [1.82, 2.24) is 9.66 Å². The number of fused-ring (bicyclic) bond motifs is 1. The van der Waals surface area contributed by atoms with E-state index in [1.54, 1.807) is 32.0 Å². The minimum Gasteiger partial charge on any atom is -0.493 e. The molecule has 0 saturated heterocycles. The molecule has 0 amide bonds. The summed E-state index contributed by atoms with van der Waals surface area (Å²) in [5.74, 6) is 0.735. The molecule has 10 heteroatoms. The van der Waals surface area contributed by atoms with Gasteiger partial charge in [-0.05, 0) is 50.6 Å². The van der Waals surface area contributed by atoms with Crippen LogP contribution in [0.3, 0.4) is 0 Å². The highest BCUT2D eigenvalue weighted by Crippen LogP contribution is 2.35. The Hall–Kier alpha value is -2.72. The summed E-state index contributed by atoms with van der Waals surface area (Å²) >= 11 is 6.88. The molecule has 1 heterocycles. The average Bonchev–Trinajstić information content (AvgIpc) is 2.84. The van der Waals surface area contributed by atoms with Crippen molar-refractivity contribution in [3.8, 4) is 11.5 Å². The van der Waals surface area contributed by atoms with E-state index in [0.717, 1.165) is 10.9 Å². The van der Waals surface area contributed by atoms with Crippen LogP contribution in [-0.4, -0.2) is 41.7 Å². The van der Waals surface area contributed by atoms with E-state index in [1.165, 1.54) is 18.0 Å². The van der Waals surface area contributed by atoms with E-state index >= 15 is 0 Å². The summed E-state index contributed by atoms with van der Waals surface area (Å²) in [6.07, 6.45) is 1.40. The number of carbonyl (C=O) groups is 1. The summed E-state index contributed by atoms with van der Waals surface area (Å²) < 4.78 is 19.3. The van der Waals surface area contributed by atoms with E-state index in [-0.39, 0.29) is 18.1 Å². The lowest BCUT2D eigenvalue weighted by Gasteiger charge is -2.18. The van der Waals surface area contributed by atoms with Gasteiger partial charge in [0.15, 0.2) is 17.6 Å². The zero-order valence-electron chi connectivity index (χ0n) is 20.2. The molecule has 3 rings (SSSR count). The summed E-state index contributed by atoms with van der Waals surface area (Å²) in [6, 6.07) is 8.87. The second kappa shape index (κ2) is 11.8. The Bertz CT molecular complexity index is 1320. The Morgan fingerprint density at radius 3 is 2.57 bits per heavy atom. The van der Waals surface area contributed by atoms with E-state index in [2.05, 4.69) is 37.0 Å². The summed E-state index contributed by atoms with van der Waals surface area (Å²) in [4.78, 5) is 30.3. The third kappa shape index (κ3) is 6.10. The second-order valence-electron chi connectivity index (χ2n) is 7.84. The number of esters is 1. The molecule has 8 nitrogen and oxygen atoms in total. The monoisotopic (exact) mass is 607 g/mol. The molecule has 1 aromatic heterocycles. The molecule has 0 fully saturated rings. The van der Waals surface area contributed by atoms with Crippen molar-refractivity contribution in [1.29, 1.82) is 0 Å². The number of carbonyl (C=O) groups excluding carboxylic acids is 1. The summed E-state index contributed by atoms with van der Waals surface area (Å²) in [5.41, 5.74) is 0.826. The molecule has 0 saturated carbocycles. The molecule has 0 aliphatic rings. The first-order valence-corrected chi connectivity index (χ1v) is 12.8. The fourth-order valence-corrected chi connectivity index (χ4v) is 4.16. The van der Waals surface area contributed by atoms with E-state index in [1.807, 2.05) is 26.0 Å². The van der Waals surface area contributed by atoms with Gasteiger partial charge in [0, 0.05) is 20.4 Å². The summed E-state index contributed by atoms with van der Waals surface area (Å²) in [7, 11) is 1.50. The van der Waals surface area contributed by atoms with Gasteiger partial charge >= 0.3 is 5.97 Å². The molecular formula is C25H27Br2N3O5. The Morgan fingerprint density at radius 1 is 1.17 bits per heavy atom. The molecule has 0 aliphatic heterocycles. The molecule has 2 aromatic carbocycles. The van der Waals surface area contributed by atoms with Gasteiger partial charge in [-0.3, -0.25) is 4.79 Å². The molecule has 2 atom stereocenters. The summed E-state index contributed by atoms with van der Waals surface area (Å²) in [6.45, 7) is 7.59. The Labute approximate surface area is 220 Å². The van der Waals surface area contributed by atoms with Gasteiger partial charge in [0.05, 0.1) is 30.8 Å². The van der Waals surface area contributed by atoms with Crippen LogP contribution < -0.4 is 15.0 Å². The normalized spacial score (nSPS) is 13.1. The minimum absolute atomic E-state index is 0.00972. The van der Waals surface area contributed by atoms with E-state index in [9.17, 15) is 9.59 Å². The zero-order valence-corrected chi connectivity index (χ0v) is 23.3. The highest BCUT2D eigenvalue weighted by atomic mass is 79.9. The maximum absolute atomic E-state index is 13.4. The van der Waals surface area contributed by atoms with Gasteiger partial charge in [0.1, 0.15) is 5.82 Å². The Balaban J connectivity index is 2.16. The van der Waals surface area contributed by atoms with Crippen molar-refractivity contribution in [2.45, 2.75) is 46.1 Å². The lowest BCUT2D eigenvalue weighted by Crippen LogP contribution is -2.27. The van der Waals surface area contributed by atoms with Crippen LogP contribution in [0.15, 0.2) is 49.2 Å². The van der Waals surface area contributed by atoms with Gasteiger partial charge in [-0.25, -0.2) is 9.78 Å². The molecule has 0 unspecified atom stereocenters. The van der Waals surface area contributed by atoms with Crippen molar-refractivity contribution in [2.75, 3.05) is 13.7 Å². The molecule has 0 aliphatic carbocycles. The highest BCUT2D eigenvalue weighted by Gasteiger charge is 2.21. The number of hydrogen-bond donors (Lipinski definition) is 0. The third-order valence-electron chi connectivity index (χ3n) is 5.38. The largest absolute Gasteiger partial charge is 0.493 e. The molecule has 0 bridgehead atoms. The first kappa shape index (κ1) is 26.9. The fourth-order valence-electron chi connectivity index (χ4n) is 3.35. The van der Waals surface area contributed by atoms with Crippen LogP contribution in [0.1, 0.15) is 51.4 Å². The van der Waals surface area contributed by atoms with Gasteiger partial charge in [0.25, 0.3) is 5.56 Å². The lowest BCUT2D eigenvalue weighted by atomic mass is 10.1. The number of rotatable bonds is 9. The number of hydrogen-bond acceptors (Lipinski definition) is 7. The van der Waals surface area contributed by atoms with Gasteiger partial charge in [-0.2, -0.15) is 9.78 Å². The molecule has 0 spiro atoms. The van der Waals surface area contributed by atoms with Gasteiger partial charge in [0.2, 0.25) is 0 Å². The number of halogens is 2. The maximum Gasteiger partial charge on any atom is 0.347 e. The number of aromatic nitrogens is 2. The van der Waals surface area contributed by atoms with E-state index in [4.69, 9.17) is 19.2 Å². The van der Waals surface area contributed by atoms with Crippen LogP contribution in [0, 0.1) is 0 Å². The first-order valence-electron chi connectivity index (χ1n) is 11.2. The van der Waals surface area contributed by atoms with E-state index in [0.29, 0.717) is 38.3 Å². The number of nitrogens with zero attached hydrogens (tertiary/aromatic N) is 3. The van der Waals surface area contributed by atoms with Gasteiger partial charge in [-0.15, -0.1) is 0 Å². The molecule has 0 N–H and O–H groups in total. The van der Waals surface area contributed by atoms with Crippen LogP contribution in [-0.2, 0) is 9.53 Å². The minimum atomic E-state index is -0.879. The predicted molar refractivity (Wildman–Crippen MR) is 143 cm³/mol. The first-order chi connectivity index (χ1) is 16.7. The van der Waals surface area contributed by atoms with Crippen molar-refractivity contribution in [3.05, 3.63) is 61.0 Å². The van der Waals surface area contributed by atoms with Crippen LogP contribution in [0.5, 0.6) is 11.5 Å². The van der Waals surface area contributed by atoms with Crippen LogP contribution in [0.25, 0.3) is 10.9 Å². The quantitative estimate of drug-likeness (QED) is 0.230. The number of methoxy groups -OCH3 is 1. The van der Waals surface area contributed by atoms with E-state index < -0.39 is 12.1 Å². The average molecular weight is 609 g/mol. The topological polar surface area (TPSA) is 92.0 Å². The van der Waals surface area contributed by atoms with Crippen molar-refractivity contribution >= 4 is 54.9 Å². The molecule has 35 heavy (non-hydrogen) atoms. The Morgan fingerprint density at radius 2 is 1.91 bits per heavy atom. The molecule has 3 aromatic rings. The highest BCUT2D eigenvalue weighted by molar-refractivity contribution is 9.10. The molecule has 186 valence electrons. The second-order valence-corrected chi connectivity index (χ2v) is 9.67. The maximum atomic E-state index is 13.4. The van der Waals surface area contributed by atoms with Crippen LogP contribution in [0.2, 0.25) is 0 Å². The van der Waals surface area contributed by atoms with Crippen molar-refractivity contribution < 1.29 is 19.0 Å². The summed E-state index contributed by atoms with van der Waals surface area (Å²) in [5, 5.41) is 4.97. The smallest absolute Gasteiger partial charge is 0.347 e. The fraction of sp³-hybridized carbons (Fsp3) is 0.360. The lowest BCUT2D eigenvalue weighted by molar-refractivity contribution is -0.150.